The summed E-state index contributed by atoms with van der Waals surface area (Å²) in [6.45, 7) is 1.99. The van der Waals surface area contributed by atoms with Crippen LogP contribution in [0.15, 0.2) is 89.2 Å². The number of tetrazole rings is 1. The number of benzene rings is 2. The molecule has 2 aromatic carbocycles. The minimum atomic E-state index is -0.749. The molecule has 0 spiro atoms. The summed E-state index contributed by atoms with van der Waals surface area (Å²) in [4.78, 5) is 27.2. The highest BCUT2D eigenvalue weighted by Crippen LogP contribution is 2.11. The lowest BCUT2D eigenvalue weighted by Crippen LogP contribution is -2.14. The van der Waals surface area contributed by atoms with Gasteiger partial charge in [-0.25, -0.2) is 14.5 Å². The molecule has 0 aliphatic rings. The van der Waals surface area contributed by atoms with Crippen molar-refractivity contribution in [2.24, 2.45) is 17.4 Å². The molecule has 0 radical (unpaired) electrons. The fourth-order valence-electron chi connectivity index (χ4n) is 3.22. The van der Waals surface area contributed by atoms with E-state index in [1.165, 1.54) is 4.68 Å². The molecule has 36 heavy (non-hydrogen) atoms. The lowest BCUT2D eigenvalue weighted by atomic mass is 10.1. The molecule has 0 unspecified atom stereocenters. The number of anilines is 1. The average molecular weight is 485 g/mol. The zero-order chi connectivity index (χ0) is 25.2. The molecule has 4 aromatic rings. The summed E-state index contributed by atoms with van der Waals surface area (Å²) in [7, 11) is 1.72. The molecule has 182 valence electrons. The number of carbonyl (C=O) groups excluding carboxylic acids is 1. The first-order chi connectivity index (χ1) is 17.6. The number of nitrogens with zero attached hydrogens (tertiary/aromatic N) is 7. The Morgan fingerprint density at radius 3 is 2.33 bits per heavy atom. The lowest BCUT2D eigenvalue weighted by Gasteiger charge is -2.07. The van der Waals surface area contributed by atoms with Gasteiger partial charge in [-0.05, 0) is 34.5 Å². The van der Waals surface area contributed by atoms with E-state index in [0.717, 1.165) is 11.1 Å². The number of amides is 1. The Hall–Kier alpha value is -4.93. The van der Waals surface area contributed by atoms with Crippen molar-refractivity contribution in [3.63, 3.8) is 0 Å². The van der Waals surface area contributed by atoms with E-state index in [0.29, 0.717) is 35.2 Å². The number of oxime groups is 2. The number of hydrogen-bond acceptors (Lipinski definition) is 9. The highest BCUT2D eigenvalue weighted by molar-refractivity contribution is 6.10. The van der Waals surface area contributed by atoms with E-state index in [1.54, 1.807) is 25.2 Å². The Bertz CT molecular complexity index is 1350. The van der Waals surface area contributed by atoms with Gasteiger partial charge in [-0.15, -0.1) is 5.10 Å². The van der Waals surface area contributed by atoms with E-state index in [1.807, 2.05) is 67.6 Å². The summed E-state index contributed by atoms with van der Waals surface area (Å²) < 4.78 is 1.51. The molecular formula is C25H24N8O3. The van der Waals surface area contributed by atoms with Gasteiger partial charge in [0.1, 0.15) is 5.82 Å². The third-order valence-corrected chi connectivity index (χ3v) is 4.96. The van der Waals surface area contributed by atoms with Crippen LogP contribution in [0.5, 0.6) is 0 Å². The lowest BCUT2D eigenvalue weighted by molar-refractivity contribution is 0.128. The van der Waals surface area contributed by atoms with Gasteiger partial charge in [-0.1, -0.05) is 84.0 Å². The first-order valence-electron chi connectivity index (χ1n) is 11.2. The third-order valence-electron chi connectivity index (χ3n) is 4.96. The maximum Gasteiger partial charge on any atom is 0.439 e. The molecule has 0 saturated heterocycles. The second-order valence-corrected chi connectivity index (χ2v) is 7.48. The number of rotatable bonds is 9. The SMILES string of the molecule is CC/C(=N/OC(=O)Nc1cccc(CO/N=C(/c2ccccc2)c2nnnn2C)n1)c1ccccc1. The van der Waals surface area contributed by atoms with Crippen molar-refractivity contribution in [3.8, 4) is 0 Å². The van der Waals surface area contributed by atoms with Crippen molar-refractivity contribution >= 4 is 23.3 Å². The molecule has 1 N–H and O–H groups in total. The summed E-state index contributed by atoms with van der Waals surface area (Å²) in [6, 6.07) is 24.1. The largest absolute Gasteiger partial charge is 0.439 e. The van der Waals surface area contributed by atoms with E-state index in [2.05, 4.69) is 36.1 Å². The van der Waals surface area contributed by atoms with Crippen LogP contribution in [-0.4, -0.2) is 42.7 Å². The second-order valence-electron chi connectivity index (χ2n) is 7.48. The van der Waals surface area contributed by atoms with Crippen LogP contribution in [0, 0.1) is 0 Å². The summed E-state index contributed by atoms with van der Waals surface area (Å²) >= 11 is 0. The number of aryl methyl sites for hydroxylation is 1. The molecule has 2 heterocycles. The topological polar surface area (TPSA) is 129 Å². The molecule has 0 atom stereocenters. The van der Waals surface area contributed by atoms with Gasteiger partial charge in [-0.3, -0.25) is 10.2 Å². The normalized spacial score (nSPS) is 11.7. The van der Waals surface area contributed by atoms with Gasteiger partial charge in [0.2, 0.25) is 5.82 Å². The summed E-state index contributed by atoms with van der Waals surface area (Å²) in [6.07, 6.45) is -0.139. The van der Waals surface area contributed by atoms with Crippen molar-refractivity contribution in [1.82, 2.24) is 25.2 Å². The molecular weight excluding hydrogens is 460 g/mol. The van der Waals surface area contributed by atoms with Gasteiger partial charge in [0.15, 0.2) is 12.3 Å². The van der Waals surface area contributed by atoms with Gasteiger partial charge >= 0.3 is 6.09 Å². The minimum Gasteiger partial charge on any atom is -0.389 e. The monoisotopic (exact) mass is 484 g/mol. The predicted octanol–water partition coefficient (Wildman–Crippen LogP) is 3.94. The summed E-state index contributed by atoms with van der Waals surface area (Å²) in [5, 5.41) is 22.4. The van der Waals surface area contributed by atoms with Crippen LogP contribution in [0.2, 0.25) is 0 Å². The van der Waals surface area contributed by atoms with Crippen molar-refractivity contribution < 1.29 is 14.5 Å². The number of hydrogen-bond donors (Lipinski definition) is 1. The van der Waals surface area contributed by atoms with Gasteiger partial charge in [-0.2, -0.15) is 0 Å². The Balaban J connectivity index is 1.40. The molecule has 0 bridgehead atoms. The zero-order valence-corrected chi connectivity index (χ0v) is 19.8. The maximum atomic E-state index is 12.2. The molecule has 11 nitrogen and oxygen atoms in total. The highest BCUT2D eigenvalue weighted by Gasteiger charge is 2.15. The first-order valence-corrected chi connectivity index (χ1v) is 11.2. The molecule has 1 amide bonds. The van der Waals surface area contributed by atoms with Crippen LogP contribution in [-0.2, 0) is 23.3 Å². The minimum absolute atomic E-state index is 0.0539. The van der Waals surface area contributed by atoms with E-state index in [9.17, 15) is 4.79 Å². The van der Waals surface area contributed by atoms with Crippen LogP contribution >= 0.6 is 0 Å². The average Bonchev–Trinajstić information content (AvgIpc) is 3.33. The highest BCUT2D eigenvalue weighted by atomic mass is 16.7. The van der Waals surface area contributed by atoms with E-state index >= 15 is 0 Å². The van der Waals surface area contributed by atoms with Crippen LogP contribution < -0.4 is 5.32 Å². The molecule has 0 aliphatic carbocycles. The zero-order valence-electron chi connectivity index (χ0n) is 19.8. The molecule has 0 fully saturated rings. The molecule has 0 saturated carbocycles. The Labute approximate surface area is 207 Å². The second kappa shape index (κ2) is 12.0. The van der Waals surface area contributed by atoms with Crippen LogP contribution in [0.25, 0.3) is 0 Å². The molecule has 4 rings (SSSR count). The number of aromatic nitrogens is 5. The van der Waals surface area contributed by atoms with Crippen LogP contribution in [0.4, 0.5) is 10.6 Å². The fourth-order valence-corrected chi connectivity index (χ4v) is 3.22. The van der Waals surface area contributed by atoms with Crippen LogP contribution in [0.1, 0.15) is 36.0 Å². The van der Waals surface area contributed by atoms with Crippen molar-refractivity contribution in [1.29, 1.82) is 0 Å². The number of nitrogens with one attached hydrogen (secondary N) is 1. The fraction of sp³-hybridized carbons (Fsp3) is 0.160. The van der Waals surface area contributed by atoms with Gasteiger partial charge in [0.25, 0.3) is 0 Å². The number of pyridine rings is 1. The Morgan fingerprint density at radius 2 is 1.67 bits per heavy atom. The predicted molar refractivity (Wildman–Crippen MR) is 133 cm³/mol. The molecule has 0 aliphatic heterocycles. The summed E-state index contributed by atoms with van der Waals surface area (Å²) in [5.41, 5.74) is 3.36. The van der Waals surface area contributed by atoms with Crippen molar-refractivity contribution in [2.75, 3.05) is 5.32 Å². The van der Waals surface area contributed by atoms with Gasteiger partial charge in [0, 0.05) is 12.6 Å². The quantitative estimate of drug-likeness (QED) is 0.216. The summed E-state index contributed by atoms with van der Waals surface area (Å²) in [5.74, 6) is 0.744. The number of carbonyl (C=O) groups is 1. The van der Waals surface area contributed by atoms with E-state index in [-0.39, 0.29) is 6.61 Å². The Morgan fingerprint density at radius 1 is 0.944 bits per heavy atom. The Kier molecular flexibility index (Phi) is 8.05. The van der Waals surface area contributed by atoms with E-state index < -0.39 is 6.09 Å². The van der Waals surface area contributed by atoms with Gasteiger partial charge < -0.3 is 4.84 Å². The van der Waals surface area contributed by atoms with Gasteiger partial charge in [0.05, 0.1) is 11.4 Å². The van der Waals surface area contributed by atoms with Crippen molar-refractivity contribution in [2.45, 2.75) is 20.0 Å². The van der Waals surface area contributed by atoms with E-state index in [4.69, 9.17) is 9.68 Å². The van der Waals surface area contributed by atoms with Crippen LogP contribution in [0.3, 0.4) is 0 Å². The molecule has 11 heteroatoms. The third kappa shape index (κ3) is 6.35. The van der Waals surface area contributed by atoms with Crippen molar-refractivity contribution in [3.05, 3.63) is 102 Å². The smallest absolute Gasteiger partial charge is 0.389 e. The first kappa shape index (κ1) is 24.2. The standard InChI is InChI=1S/C25H24N8O3/c1-3-21(18-11-6-4-7-12-18)29-36-25(34)27-22-16-10-15-20(26-22)17-35-30-23(19-13-8-5-9-14-19)24-28-31-32-33(24)2/h4-16H,3,17H2,1-2H3,(H,26,27,34)/b29-21-,30-23-. The molecule has 2 aromatic heterocycles. The maximum absolute atomic E-state index is 12.2.